The van der Waals surface area contributed by atoms with Gasteiger partial charge >= 0.3 is 0 Å². The van der Waals surface area contributed by atoms with Crippen LogP contribution in [0.2, 0.25) is 0 Å². The van der Waals surface area contributed by atoms with Crippen molar-refractivity contribution in [3.63, 3.8) is 0 Å². The van der Waals surface area contributed by atoms with Crippen molar-refractivity contribution in [1.82, 2.24) is 5.32 Å². The highest BCUT2D eigenvalue weighted by atomic mass is 79.9. The minimum Gasteiger partial charge on any atom is -0.483 e. The second-order valence-electron chi connectivity index (χ2n) is 4.80. The fourth-order valence-corrected chi connectivity index (χ4v) is 2.38. The van der Waals surface area contributed by atoms with E-state index in [1.54, 1.807) is 18.2 Å². The lowest BCUT2D eigenvalue weighted by Gasteiger charge is -2.10. The number of nitrogens with zero attached hydrogens (tertiary/aromatic N) is 1. The minimum absolute atomic E-state index is 0.0946. The van der Waals surface area contributed by atoms with Crippen LogP contribution in [0.15, 0.2) is 58.2 Å². The minimum atomic E-state index is -0.198. The van der Waals surface area contributed by atoms with Gasteiger partial charge in [0.2, 0.25) is 0 Å². The van der Waals surface area contributed by atoms with Crippen molar-refractivity contribution in [2.24, 2.45) is 5.16 Å². The van der Waals surface area contributed by atoms with E-state index in [4.69, 9.17) is 9.94 Å². The van der Waals surface area contributed by atoms with E-state index in [9.17, 15) is 4.79 Å². The van der Waals surface area contributed by atoms with Crippen LogP contribution >= 0.6 is 15.9 Å². The number of hydrogen-bond donors (Lipinski definition) is 2. The first-order valence-electron chi connectivity index (χ1n) is 7.09. The van der Waals surface area contributed by atoms with Gasteiger partial charge in [-0.2, -0.15) is 0 Å². The average molecular weight is 377 g/mol. The summed E-state index contributed by atoms with van der Waals surface area (Å²) in [5, 5.41) is 14.5. The highest BCUT2D eigenvalue weighted by Crippen LogP contribution is 2.21. The topological polar surface area (TPSA) is 70.9 Å². The zero-order chi connectivity index (χ0) is 16.5. The van der Waals surface area contributed by atoms with E-state index in [1.807, 2.05) is 30.3 Å². The predicted molar refractivity (Wildman–Crippen MR) is 92.2 cm³/mol. The summed E-state index contributed by atoms with van der Waals surface area (Å²) in [6.45, 7) is 0.459. The highest BCUT2D eigenvalue weighted by Gasteiger charge is 2.06. The van der Waals surface area contributed by atoms with Crippen LogP contribution in [0.3, 0.4) is 0 Å². The van der Waals surface area contributed by atoms with Gasteiger partial charge in [-0.1, -0.05) is 51.4 Å². The fourth-order valence-electron chi connectivity index (χ4n) is 2.00. The number of benzene rings is 2. The first-order chi connectivity index (χ1) is 11.2. The number of rotatable bonds is 7. The molecule has 0 aliphatic heterocycles. The highest BCUT2D eigenvalue weighted by molar-refractivity contribution is 9.10. The molecular formula is C17H17BrN2O3. The molecule has 1 amide bonds. The smallest absolute Gasteiger partial charge is 0.257 e. The van der Waals surface area contributed by atoms with Gasteiger partial charge in [0.05, 0.1) is 6.21 Å². The Morgan fingerprint density at radius 2 is 2.04 bits per heavy atom. The van der Waals surface area contributed by atoms with Crippen LogP contribution in [0.25, 0.3) is 0 Å². The Labute approximate surface area is 143 Å². The molecule has 0 spiro atoms. The molecule has 120 valence electrons. The van der Waals surface area contributed by atoms with E-state index in [-0.39, 0.29) is 12.5 Å². The number of ether oxygens (including phenoxy) is 1. The van der Waals surface area contributed by atoms with Crippen LogP contribution in [-0.2, 0) is 11.2 Å². The Balaban J connectivity index is 1.80. The first-order valence-corrected chi connectivity index (χ1v) is 7.89. The van der Waals surface area contributed by atoms with E-state index in [0.717, 1.165) is 10.9 Å². The van der Waals surface area contributed by atoms with Crippen LogP contribution in [0.5, 0.6) is 5.75 Å². The maximum absolute atomic E-state index is 11.8. The molecule has 0 heterocycles. The second-order valence-corrected chi connectivity index (χ2v) is 5.72. The number of halogens is 1. The van der Waals surface area contributed by atoms with Gasteiger partial charge in [-0.25, -0.2) is 0 Å². The van der Waals surface area contributed by atoms with E-state index in [0.29, 0.717) is 17.9 Å². The van der Waals surface area contributed by atoms with Gasteiger partial charge in [-0.3, -0.25) is 4.79 Å². The first kappa shape index (κ1) is 17.0. The van der Waals surface area contributed by atoms with Gasteiger partial charge in [0, 0.05) is 16.6 Å². The summed E-state index contributed by atoms with van der Waals surface area (Å²) in [5.41, 5.74) is 1.75. The Hall–Kier alpha value is -2.34. The number of amides is 1. The maximum atomic E-state index is 11.8. The molecule has 0 aliphatic rings. The quantitative estimate of drug-likeness (QED) is 0.443. The zero-order valence-corrected chi connectivity index (χ0v) is 14.0. The van der Waals surface area contributed by atoms with Crippen molar-refractivity contribution < 1.29 is 14.7 Å². The van der Waals surface area contributed by atoms with Gasteiger partial charge in [-0.15, -0.1) is 0 Å². The Kier molecular flexibility index (Phi) is 6.62. The van der Waals surface area contributed by atoms with Gasteiger partial charge in [0.15, 0.2) is 6.61 Å². The molecule has 0 fully saturated rings. The molecule has 0 atom stereocenters. The number of oxime groups is 1. The molecule has 2 rings (SSSR count). The SMILES string of the molecule is O=C(COc1ccc(Br)cc1/C=N/O)NCCc1ccccc1. The summed E-state index contributed by atoms with van der Waals surface area (Å²) >= 11 is 3.32. The zero-order valence-electron chi connectivity index (χ0n) is 12.4. The number of carbonyl (C=O) groups excluding carboxylic acids is 1. The lowest BCUT2D eigenvalue weighted by Crippen LogP contribution is -2.30. The summed E-state index contributed by atoms with van der Waals surface area (Å²) in [5.74, 6) is 0.278. The molecule has 0 aliphatic carbocycles. The standard InChI is InChI=1S/C17H17BrN2O3/c18-15-6-7-16(14(10-15)11-20-22)23-12-17(21)19-9-8-13-4-2-1-3-5-13/h1-7,10-11,22H,8-9,12H2,(H,19,21)/b20-11+. The molecule has 0 radical (unpaired) electrons. The predicted octanol–water partition coefficient (Wildman–Crippen LogP) is 2.99. The van der Waals surface area contributed by atoms with Crippen LogP contribution in [-0.4, -0.2) is 30.5 Å². The van der Waals surface area contributed by atoms with Crippen LogP contribution in [0, 0.1) is 0 Å². The molecule has 0 aromatic heterocycles. The Morgan fingerprint density at radius 1 is 1.26 bits per heavy atom. The van der Waals surface area contributed by atoms with E-state index in [2.05, 4.69) is 26.4 Å². The lowest BCUT2D eigenvalue weighted by molar-refractivity contribution is -0.123. The molecule has 0 saturated heterocycles. The van der Waals surface area contributed by atoms with E-state index >= 15 is 0 Å². The summed E-state index contributed by atoms with van der Waals surface area (Å²) < 4.78 is 6.30. The summed E-state index contributed by atoms with van der Waals surface area (Å²) in [7, 11) is 0. The molecule has 6 heteroatoms. The normalized spacial score (nSPS) is 10.7. The Morgan fingerprint density at radius 3 is 2.78 bits per heavy atom. The second kappa shape index (κ2) is 8.95. The molecular weight excluding hydrogens is 360 g/mol. The molecule has 2 N–H and O–H groups in total. The molecule has 0 bridgehead atoms. The lowest BCUT2D eigenvalue weighted by atomic mass is 10.1. The molecule has 2 aromatic carbocycles. The van der Waals surface area contributed by atoms with Crippen LogP contribution < -0.4 is 10.1 Å². The Bertz CT molecular complexity index is 675. The van der Waals surface area contributed by atoms with Crippen molar-refractivity contribution in [2.45, 2.75) is 6.42 Å². The number of hydrogen-bond acceptors (Lipinski definition) is 4. The third kappa shape index (κ3) is 5.75. The van der Waals surface area contributed by atoms with Crippen LogP contribution in [0.4, 0.5) is 0 Å². The third-order valence-corrected chi connectivity index (χ3v) is 3.60. The number of carbonyl (C=O) groups is 1. The van der Waals surface area contributed by atoms with Crippen molar-refractivity contribution in [3.8, 4) is 5.75 Å². The molecule has 0 unspecified atom stereocenters. The number of nitrogens with one attached hydrogen (secondary N) is 1. The maximum Gasteiger partial charge on any atom is 0.257 e. The fraction of sp³-hybridized carbons (Fsp3) is 0.176. The molecule has 5 nitrogen and oxygen atoms in total. The van der Waals surface area contributed by atoms with Gasteiger partial charge in [0.25, 0.3) is 5.91 Å². The summed E-state index contributed by atoms with van der Waals surface area (Å²) in [6.07, 6.45) is 2.03. The van der Waals surface area contributed by atoms with Gasteiger partial charge in [0.1, 0.15) is 5.75 Å². The summed E-state index contributed by atoms with van der Waals surface area (Å²) in [6, 6.07) is 15.2. The van der Waals surface area contributed by atoms with Crippen molar-refractivity contribution in [2.75, 3.05) is 13.2 Å². The van der Waals surface area contributed by atoms with Gasteiger partial charge < -0.3 is 15.3 Å². The van der Waals surface area contributed by atoms with Crippen molar-refractivity contribution in [3.05, 3.63) is 64.1 Å². The monoisotopic (exact) mass is 376 g/mol. The summed E-state index contributed by atoms with van der Waals surface area (Å²) in [4.78, 5) is 11.8. The third-order valence-electron chi connectivity index (χ3n) is 3.11. The average Bonchev–Trinajstić information content (AvgIpc) is 2.55. The molecule has 23 heavy (non-hydrogen) atoms. The largest absolute Gasteiger partial charge is 0.483 e. The van der Waals surface area contributed by atoms with Gasteiger partial charge in [-0.05, 0) is 30.2 Å². The van der Waals surface area contributed by atoms with Crippen molar-refractivity contribution >= 4 is 28.1 Å². The molecule has 2 aromatic rings. The van der Waals surface area contributed by atoms with E-state index < -0.39 is 0 Å². The van der Waals surface area contributed by atoms with E-state index in [1.165, 1.54) is 11.8 Å². The van der Waals surface area contributed by atoms with Crippen molar-refractivity contribution in [1.29, 1.82) is 0 Å². The molecule has 0 saturated carbocycles. The van der Waals surface area contributed by atoms with Crippen LogP contribution in [0.1, 0.15) is 11.1 Å².